The third-order valence-electron chi connectivity index (χ3n) is 5.14. The van der Waals surface area contributed by atoms with Gasteiger partial charge in [-0.2, -0.15) is 0 Å². The van der Waals surface area contributed by atoms with E-state index in [2.05, 4.69) is 19.1 Å². The number of unbranched alkanes of at least 4 members (excludes halogenated alkanes) is 2. The molecule has 0 N–H and O–H groups in total. The van der Waals surface area contributed by atoms with Gasteiger partial charge in [-0.05, 0) is 48.4 Å². The summed E-state index contributed by atoms with van der Waals surface area (Å²) in [6, 6.07) is 15.9. The molecule has 1 aliphatic rings. The van der Waals surface area contributed by atoms with E-state index in [4.69, 9.17) is 9.47 Å². The maximum atomic E-state index is 12.9. The van der Waals surface area contributed by atoms with Crippen molar-refractivity contribution in [1.82, 2.24) is 0 Å². The van der Waals surface area contributed by atoms with Gasteiger partial charge in [-0.25, -0.2) is 0 Å². The van der Waals surface area contributed by atoms with E-state index in [0.717, 1.165) is 42.0 Å². The maximum absolute atomic E-state index is 12.9. The highest BCUT2D eigenvalue weighted by atomic mass is 16.5. The van der Waals surface area contributed by atoms with Gasteiger partial charge in [0.1, 0.15) is 11.5 Å². The molecule has 1 saturated heterocycles. The van der Waals surface area contributed by atoms with Crippen molar-refractivity contribution in [3.05, 3.63) is 54.1 Å². The van der Waals surface area contributed by atoms with Gasteiger partial charge in [0.15, 0.2) is 0 Å². The molecular formula is C22H27NO3. The van der Waals surface area contributed by atoms with Gasteiger partial charge in [-0.3, -0.25) is 4.79 Å². The van der Waals surface area contributed by atoms with Gasteiger partial charge < -0.3 is 14.4 Å². The third-order valence-corrected chi connectivity index (χ3v) is 5.14. The number of nitrogens with zero attached hydrogens (tertiary/aromatic N) is 1. The van der Waals surface area contributed by atoms with Gasteiger partial charge >= 0.3 is 0 Å². The van der Waals surface area contributed by atoms with Crippen LogP contribution in [0.5, 0.6) is 11.5 Å². The summed E-state index contributed by atoms with van der Waals surface area (Å²) in [4.78, 5) is 14.8. The average molecular weight is 353 g/mol. The summed E-state index contributed by atoms with van der Waals surface area (Å²) in [5.41, 5.74) is 2.08. The smallest absolute Gasteiger partial charge is 0.233 e. The van der Waals surface area contributed by atoms with Crippen LogP contribution >= 0.6 is 0 Å². The summed E-state index contributed by atoms with van der Waals surface area (Å²) < 4.78 is 10.5. The van der Waals surface area contributed by atoms with Crippen molar-refractivity contribution in [3.63, 3.8) is 0 Å². The Hall–Kier alpha value is -2.49. The molecule has 1 amide bonds. The van der Waals surface area contributed by atoms with Crippen molar-refractivity contribution in [2.75, 3.05) is 19.1 Å². The van der Waals surface area contributed by atoms with Crippen LogP contribution in [0.4, 0.5) is 5.69 Å². The van der Waals surface area contributed by atoms with Crippen LogP contribution in [0.2, 0.25) is 0 Å². The normalized spacial score (nSPS) is 19.2. The van der Waals surface area contributed by atoms with Crippen LogP contribution in [-0.2, 0) is 4.79 Å². The second-order valence-corrected chi connectivity index (χ2v) is 6.73. The number of methoxy groups -OCH3 is 2. The summed E-state index contributed by atoms with van der Waals surface area (Å²) in [5, 5.41) is 0. The first kappa shape index (κ1) is 18.3. The van der Waals surface area contributed by atoms with Crippen LogP contribution in [0.15, 0.2) is 48.5 Å². The zero-order chi connectivity index (χ0) is 18.5. The molecule has 1 heterocycles. The minimum Gasteiger partial charge on any atom is -0.497 e. The Labute approximate surface area is 155 Å². The largest absolute Gasteiger partial charge is 0.497 e. The third kappa shape index (κ3) is 3.55. The molecule has 0 aromatic heterocycles. The number of amides is 1. The standard InChI is InChI=1S/C22H27NO3/c1-4-5-6-7-20-21(16-8-12-18(25-2)13-9-16)23(22(20)24)17-10-14-19(26-3)15-11-17/h8-15,20-21H,4-7H2,1-3H3/t20-,21+/m0/s1. The molecule has 2 aromatic carbocycles. The van der Waals surface area contributed by atoms with E-state index in [-0.39, 0.29) is 17.9 Å². The molecule has 4 heteroatoms. The molecule has 4 nitrogen and oxygen atoms in total. The lowest BCUT2D eigenvalue weighted by Crippen LogP contribution is -2.55. The number of benzene rings is 2. The lowest BCUT2D eigenvalue weighted by molar-refractivity contribution is -0.130. The van der Waals surface area contributed by atoms with E-state index in [1.54, 1.807) is 14.2 Å². The van der Waals surface area contributed by atoms with Crippen LogP contribution in [-0.4, -0.2) is 20.1 Å². The van der Waals surface area contributed by atoms with E-state index >= 15 is 0 Å². The van der Waals surface area contributed by atoms with Gasteiger partial charge in [0.05, 0.1) is 26.2 Å². The second kappa shape index (κ2) is 8.26. The van der Waals surface area contributed by atoms with Crippen molar-refractivity contribution in [3.8, 4) is 11.5 Å². The predicted molar refractivity (Wildman–Crippen MR) is 104 cm³/mol. The average Bonchev–Trinajstić information content (AvgIpc) is 2.69. The number of hydrogen-bond donors (Lipinski definition) is 0. The van der Waals surface area contributed by atoms with Crippen LogP contribution in [0.1, 0.15) is 44.2 Å². The fourth-order valence-corrected chi connectivity index (χ4v) is 3.66. The Morgan fingerprint density at radius 2 is 1.46 bits per heavy atom. The molecule has 1 fully saturated rings. The van der Waals surface area contributed by atoms with E-state index in [1.165, 1.54) is 6.42 Å². The van der Waals surface area contributed by atoms with Gasteiger partial charge in [0.2, 0.25) is 5.91 Å². The van der Waals surface area contributed by atoms with E-state index in [1.807, 2.05) is 41.3 Å². The van der Waals surface area contributed by atoms with E-state index < -0.39 is 0 Å². The summed E-state index contributed by atoms with van der Waals surface area (Å²) in [6.45, 7) is 2.19. The van der Waals surface area contributed by atoms with Crippen LogP contribution < -0.4 is 14.4 Å². The zero-order valence-electron chi connectivity index (χ0n) is 15.8. The Bertz CT molecular complexity index is 724. The Balaban J connectivity index is 1.86. The first-order valence-electron chi connectivity index (χ1n) is 9.30. The Morgan fingerprint density at radius 1 is 0.885 bits per heavy atom. The number of ether oxygens (including phenoxy) is 2. The predicted octanol–water partition coefficient (Wildman–Crippen LogP) is 4.99. The highest BCUT2D eigenvalue weighted by Gasteiger charge is 2.48. The summed E-state index contributed by atoms with van der Waals surface area (Å²) in [5.74, 6) is 1.89. The SMILES string of the molecule is CCCCC[C@@H]1C(=O)N(c2ccc(OC)cc2)[C@@H]1c1ccc(OC)cc1. The Morgan fingerprint density at radius 3 is 2.00 bits per heavy atom. The monoisotopic (exact) mass is 353 g/mol. The fourth-order valence-electron chi connectivity index (χ4n) is 3.66. The van der Waals surface area contributed by atoms with Gasteiger partial charge in [-0.1, -0.05) is 38.3 Å². The topological polar surface area (TPSA) is 38.8 Å². The van der Waals surface area contributed by atoms with Gasteiger partial charge in [-0.15, -0.1) is 0 Å². The number of rotatable bonds is 8. The Kier molecular flexibility index (Phi) is 5.82. The van der Waals surface area contributed by atoms with Gasteiger partial charge in [0.25, 0.3) is 0 Å². The summed E-state index contributed by atoms with van der Waals surface area (Å²) in [7, 11) is 3.31. The quantitative estimate of drug-likeness (QED) is 0.496. The van der Waals surface area contributed by atoms with E-state index in [9.17, 15) is 4.79 Å². The molecule has 26 heavy (non-hydrogen) atoms. The first-order chi connectivity index (χ1) is 12.7. The molecule has 0 unspecified atom stereocenters. The lowest BCUT2D eigenvalue weighted by atomic mass is 9.78. The molecule has 0 radical (unpaired) electrons. The number of β-lactam (4-membered cyclic amide) rings is 1. The molecule has 3 rings (SSSR count). The van der Waals surface area contributed by atoms with Crippen LogP contribution in [0, 0.1) is 5.92 Å². The molecule has 0 saturated carbocycles. The number of hydrogen-bond acceptors (Lipinski definition) is 3. The van der Waals surface area contributed by atoms with Crippen molar-refractivity contribution >= 4 is 11.6 Å². The lowest BCUT2D eigenvalue weighted by Gasteiger charge is -2.47. The second-order valence-electron chi connectivity index (χ2n) is 6.73. The molecule has 138 valence electrons. The molecule has 0 bridgehead atoms. The van der Waals surface area contributed by atoms with Crippen LogP contribution in [0.25, 0.3) is 0 Å². The van der Waals surface area contributed by atoms with Crippen molar-refractivity contribution in [1.29, 1.82) is 0 Å². The van der Waals surface area contributed by atoms with E-state index in [0.29, 0.717) is 0 Å². The molecule has 2 aromatic rings. The highest BCUT2D eigenvalue weighted by Crippen LogP contribution is 2.46. The summed E-state index contributed by atoms with van der Waals surface area (Å²) in [6.07, 6.45) is 4.37. The first-order valence-corrected chi connectivity index (χ1v) is 9.30. The van der Waals surface area contributed by atoms with Crippen molar-refractivity contribution < 1.29 is 14.3 Å². The molecule has 0 aliphatic carbocycles. The van der Waals surface area contributed by atoms with Gasteiger partial charge in [0, 0.05) is 5.69 Å². The van der Waals surface area contributed by atoms with Crippen LogP contribution in [0.3, 0.4) is 0 Å². The minimum absolute atomic E-state index is 0.0528. The molecule has 0 spiro atoms. The molecule has 1 aliphatic heterocycles. The highest BCUT2D eigenvalue weighted by molar-refractivity contribution is 6.03. The number of carbonyl (C=O) groups is 1. The molecular weight excluding hydrogens is 326 g/mol. The molecule has 2 atom stereocenters. The fraction of sp³-hybridized carbons (Fsp3) is 0.409. The number of anilines is 1. The maximum Gasteiger partial charge on any atom is 0.233 e. The van der Waals surface area contributed by atoms with Crippen molar-refractivity contribution in [2.24, 2.45) is 5.92 Å². The summed E-state index contributed by atoms with van der Waals surface area (Å²) >= 11 is 0. The minimum atomic E-state index is 0.0528. The number of carbonyl (C=O) groups excluding carboxylic acids is 1. The van der Waals surface area contributed by atoms with Crippen molar-refractivity contribution in [2.45, 2.75) is 38.6 Å². The zero-order valence-corrected chi connectivity index (χ0v) is 15.8.